The lowest BCUT2D eigenvalue weighted by Crippen LogP contribution is -2.27. The first-order valence-corrected chi connectivity index (χ1v) is 7.62. The number of nitrogen functional groups attached to an aromatic ring is 2. The van der Waals surface area contributed by atoms with Gasteiger partial charge in [0.15, 0.2) is 11.6 Å². The van der Waals surface area contributed by atoms with Crippen LogP contribution in [0.4, 0.5) is 11.4 Å². The Labute approximate surface area is 144 Å². The molecule has 0 fully saturated rings. The quantitative estimate of drug-likeness (QED) is 0.658. The van der Waals surface area contributed by atoms with Crippen LogP contribution in [0.3, 0.4) is 0 Å². The van der Waals surface area contributed by atoms with E-state index in [0.29, 0.717) is 5.56 Å². The minimum absolute atomic E-state index is 0.0117. The molecule has 0 saturated heterocycles. The highest BCUT2D eigenvalue weighted by Crippen LogP contribution is 2.41. The van der Waals surface area contributed by atoms with Crippen LogP contribution in [0, 0.1) is 22.7 Å². The lowest BCUT2D eigenvalue weighted by atomic mass is 9.75. The second kappa shape index (κ2) is 5.47. The average molecular weight is 330 g/mol. The SMILES string of the molecule is CC(C)c1c(C#N)c(C#N)c(N)c2c1C(=O)c1c(N)cccc1C2=O. The largest absolute Gasteiger partial charge is 0.398 e. The lowest BCUT2D eigenvalue weighted by Gasteiger charge is -2.25. The third kappa shape index (κ3) is 2.02. The van der Waals surface area contributed by atoms with Crippen molar-refractivity contribution in [2.75, 3.05) is 11.5 Å². The fourth-order valence-corrected chi connectivity index (χ4v) is 3.34. The summed E-state index contributed by atoms with van der Waals surface area (Å²) >= 11 is 0. The molecule has 6 nitrogen and oxygen atoms in total. The minimum atomic E-state index is -0.461. The number of hydrogen-bond donors (Lipinski definition) is 2. The molecule has 1 aliphatic carbocycles. The van der Waals surface area contributed by atoms with Gasteiger partial charge in [-0.1, -0.05) is 26.0 Å². The Hall–Kier alpha value is -3.64. The molecule has 25 heavy (non-hydrogen) atoms. The molecule has 0 aliphatic heterocycles. The van der Waals surface area contributed by atoms with Crippen LogP contribution >= 0.6 is 0 Å². The highest BCUT2D eigenvalue weighted by atomic mass is 16.1. The van der Waals surface area contributed by atoms with Crippen molar-refractivity contribution in [1.29, 1.82) is 10.5 Å². The zero-order valence-corrected chi connectivity index (χ0v) is 13.7. The van der Waals surface area contributed by atoms with Gasteiger partial charge in [0.1, 0.15) is 12.1 Å². The van der Waals surface area contributed by atoms with E-state index in [4.69, 9.17) is 11.5 Å². The summed E-state index contributed by atoms with van der Waals surface area (Å²) in [6.07, 6.45) is 0. The van der Waals surface area contributed by atoms with Crippen LogP contribution in [0.2, 0.25) is 0 Å². The predicted octanol–water partition coefficient (Wildman–Crippen LogP) is 2.49. The van der Waals surface area contributed by atoms with Gasteiger partial charge < -0.3 is 11.5 Å². The lowest BCUT2D eigenvalue weighted by molar-refractivity contribution is 0.0979. The first-order chi connectivity index (χ1) is 11.8. The number of nitrogens with zero attached hydrogens (tertiary/aromatic N) is 2. The van der Waals surface area contributed by atoms with E-state index >= 15 is 0 Å². The predicted molar refractivity (Wildman–Crippen MR) is 92.1 cm³/mol. The molecule has 0 saturated carbocycles. The highest BCUT2D eigenvalue weighted by Gasteiger charge is 2.38. The Kier molecular flexibility index (Phi) is 3.55. The molecule has 0 radical (unpaired) electrons. The molecular weight excluding hydrogens is 316 g/mol. The van der Waals surface area contributed by atoms with E-state index in [1.807, 2.05) is 12.1 Å². The second-order valence-corrected chi connectivity index (χ2v) is 6.13. The van der Waals surface area contributed by atoms with Crippen molar-refractivity contribution in [3.63, 3.8) is 0 Å². The third-order valence-corrected chi connectivity index (χ3v) is 4.40. The van der Waals surface area contributed by atoms with E-state index in [1.165, 1.54) is 6.07 Å². The number of hydrogen-bond acceptors (Lipinski definition) is 6. The first-order valence-electron chi connectivity index (χ1n) is 7.62. The molecule has 3 rings (SSSR count). The number of benzene rings is 2. The molecule has 4 N–H and O–H groups in total. The molecule has 2 aromatic carbocycles. The van der Waals surface area contributed by atoms with Gasteiger partial charge in [0.25, 0.3) is 0 Å². The summed E-state index contributed by atoms with van der Waals surface area (Å²) in [7, 11) is 0. The third-order valence-electron chi connectivity index (χ3n) is 4.40. The number of nitriles is 2. The molecule has 0 spiro atoms. The molecule has 0 heterocycles. The van der Waals surface area contributed by atoms with E-state index < -0.39 is 11.6 Å². The maximum absolute atomic E-state index is 13.1. The highest BCUT2D eigenvalue weighted by molar-refractivity contribution is 6.32. The van der Waals surface area contributed by atoms with E-state index in [1.54, 1.807) is 26.0 Å². The van der Waals surface area contributed by atoms with Gasteiger partial charge in [-0.25, -0.2) is 0 Å². The summed E-state index contributed by atoms with van der Waals surface area (Å²) in [5.74, 6) is -1.17. The summed E-state index contributed by atoms with van der Waals surface area (Å²) < 4.78 is 0. The Balaban J connectivity index is 2.56. The van der Waals surface area contributed by atoms with Crippen molar-refractivity contribution >= 4 is 22.9 Å². The van der Waals surface area contributed by atoms with Crippen LogP contribution in [-0.4, -0.2) is 11.6 Å². The zero-order valence-electron chi connectivity index (χ0n) is 13.7. The number of fused-ring (bicyclic) bond motifs is 2. The van der Waals surface area contributed by atoms with Gasteiger partial charge in [0.05, 0.1) is 27.9 Å². The number of ketones is 2. The number of carbonyl (C=O) groups excluding carboxylic acids is 2. The Morgan fingerprint density at radius 2 is 1.56 bits per heavy atom. The Morgan fingerprint density at radius 1 is 0.920 bits per heavy atom. The van der Waals surface area contributed by atoms with E-state index in [0.717, 1.165) is 0 Å². The van der Waals surface area contributed by atoms with Crippen LogP contribution in [-0.2, 0) is 0 Å². The van der Waals surface area contributed by atoms with Crippen LogP contribution < -0.4 is 11.5 Å². The number of carbonyl (C=O) groups is 2. The van der Waals surface area contributed by atoms with Gasteiger partial charge in [0.2, 0.25) is 0 Å². The maximum Gasteiger partial charge on any atom is 0.197 e. The Morgan fingerprint density at radius 3 is 2.12 bits per heavy atom. The zero-order chi connectivity index (χ0) is 18.5. The van der Waals surface area contributed by atoms with E-state index in [9.17, 15) is 20.1 Å². The van der Waals surface area contributed by atoms with Gasteiger partial charge in [0, 0.05) is 16.8 Å². The van der Waals surface area contributed by atoms with Gasteiger partial charge in [-0.05, 0) is 17.5 Å². The summed E-state index contributed by atoms with van der Waals surface area (Å²) in [6.45, 7) is 3.57. The minimum Gasteiger partial charge on any atom is -0.398 e. The molecule has 2 aromatic rings. The van der Waals surface area contributed by atoms with Crippen LogP contribution in [0.5, 0.6) is 0 Å². The molecule has 6 heteroatoms. The van der Waals surface area contributed by atoms with Crippen LogP contribution in [0.15, 0.2) is 18.2 Å². The number of anilines is 2. The van der Waals surface area contributed by atoms with Gasteiger partial charge >= 0.3 is 0 Å². The fourth-order valence-electron chi connectivity index (χ4n) is 3.34. The molecule has 0 atom stereocenters. The van der Waals surface area contributed by atoms with Gasteiger partial charge in [-0.3, -0.25) is 9.59 Å². The van der Waals surface area contributed by atoms with Crippen molar-refractivity contribution in [2.24, 2.45) is 0 Å². The van der Waals surface area contributed by atoms with Crippen molar-refractivity contribution in [3.8, 4) is 12.1 Å². The summed E-state index contributed by atoms with van der Waals surface area (Å²) in [5.41, 5.74) is 12.7. The standard InChI is InChI=1S/C19H14N4O2/c1-8(2)13-10(6-20)11(7-21)17(23)16-15(13)19(25)14-9(18(16)24)4-3-5-12(14)22/h3-5,8H,22-23H2,1-2H3. The van der Waals surface area contributed by atoms with Crippen molar-refractivity contribution in [3.05, 3.63) is 57.1 Å². The summed E-state index contributed by atoms with van der Waals surface area (Å²) in [4.78, 5) is 26.1. The maximum atomic E-state index is 13.1. The van der Waals surface area contributed by atoms with Crippen molar-refractivity contribution in [1.82, 2.24) is 0 Å². The second-order valence-electron chi connectivity index (χ2n) is 6.13. The van der Waals surface area contributed by atoms with E-state index in [2.05, 4.69) is 0 Å². The average Bonchev–Trinajstić information content (AvgIpc) is 2.57. The molecule has 0 aromatic heterocycles. The van der Waals surface area contributed by atoms with Crippen molar-refractivity contribution in [2.45, 2.75) is 19.8 Å². The molecule has 122 valence electrons. The summed E-state index contributed by atoms with van der Waals surface area (Å²) in [6, 6.07) is 8.49. The number of nitrogens with two attached hydrogens (primary N) is 2. The van der Waals surface area contributed by atoms with Crippen LogP contribution in [0.1, 0.15) is 68.3 Å². The number of rotatable bonds is 1. The van der Waals surface area contributed by atoms with E-state index in [-0.39, 0.29) is 50.7 Å². The smallest absolute Gasteiger partial charge is 0.197 e. The molecule has 1 aliphatic rings. The van der Waals surface area contributed by atoms with Crippen LogP contribution in [0.25, 0.3) is 0 Å². The Bertz CT molecular complexity index is 1050. The molecular formula is C19H14N4O2. The normalized spacial score (nSPS) is 12.4. The molecule has 0 bridgehead atoms. The van der Waals surface area contributed by atoms with Gasteiger partial charge in [-0.2, -0.15) is 10.5 Å². The molecule has 0 unspecified atom stereocenters. The summed E-state index contributed by atoms with van der Waals surface area (Å²) in [5, 5.41) is 19.0. The fraction of sp³-hybridized carbons (Fsp3) is 0.158. The topological polar surface area (TPSA) is 134 Å². The van der Waals surface area contributed by atoms with Gasteiger partial charge in [-0.15, -0.1) is 0 Å². The monoisotopic (exact) mass is 330 g/mol. The molecule has 0 amide bonds. The first kappa shape index (κ1) is 16.2. The van der Waals surface area contributed by atoms with Crippen molar-refractivity contribution < 1.29 is 9.59 Å².